The Hall–Kier alpha value is -2.12. The van der Waals surface area contributed by atoms with Crippen molar-refractivity contribution in [2.24, 2.45) is 0 Å². The number of benzene rings is 2. The number of nitro benzene ring substituents is 1. The molecule has 0 aliphatic carbocycles. The fourth-order valence-electron chi connectivity index (χ4n) is 1.82. The highest BCUT2D eigenvalue weighted by Gasteiger charge is 2.17. The molecule has 0 amide bonds. The molecule has 22 heavy (non-hydrogen) atoms. The van der Waals surface area contributed by atoms with Crippen molar-refractivity contribution in [3.05, 3.63) is 63.7 Å². The van der Waals surface area contributed by atoms with Gasteiger partial charge in [0.05, 0.1) is 15.5 Å². The van der Waals surface area contributed by atoms with Crippen molar-refractivity contribution >= 4 is 33.0 Å². The molecule has 0 unspecified atom stereocenters. The number of nitro groups is 1. The minimum Gasteiger partial charge on any atom is -0.279 e. The van der Waals surface area contributed by atoms with E-state index in [1.807, 2.05) is 6.92 Å². The standard InChI is InChI=1S/C14H13ClN2O4S/c1-10-2-5-13(6-3-10)22(20,21)16-14-7-4-12(17(18)19)8-11(14)9-15/h2-8,16H,9H2,1H3. The first kappa shape index (κ1) is 16.3. The highest BCUT2D eigenvalue weighted by atomic mass is 35.5. The average molecular weight is 341 g/mol. The van der Waals surface area contributed by atoms with Crippen LogP contribution in [0.4, 0.5) is 11.4 Å². The molecule has 0 atom stereocenters. The van der Waals surface area contributed by atoms with Crippen molar-refractivity contribution in [2.75, 3.05) is 4.72 Å². The molecule has 6 nitrogen and oxygen atoms in total. The molecule has 0 saturated carbocycles. The van der Waals surface area contributed by atoms with Gasteiger partial charge >= 0.3 is 0 Å². The lowest BCUT2D eigenvalue weighted by atomic mass is 10.2. The summed E-state index contributed by atoms with van der Waals surface area (Å²) < 4.78 is 27.0. The number of rotatable bonds is 5. The number of halogens is 1. The Balaban J connectivity index is 2.37. The summed E-state index contributed by atoms with van der Waals surface area (Å²) in [5.74, 6) is -0.0482. The van der Waals surface area contributed by atoms with E-state index in [4.69, 9.17) is 11.6 Å². The summed E-state index contributed by atoms with van der Waals surface area (Å²) in [6.07, 6.45) is 0. The quantitative estimate of drug-likeness (QED) is 0.513. The Kier molecular flexibility index (Phi) is 4.68. The van der Waals surface area contributed by atoms with Crippen LogP contribution in [0.1, 0.15) is 11.1 Å². The zero-order valence-corrected chi connectivity index (χ0v) is 13.2. The molecule has 1 N–H and O–H groups in total. The summed E-state index contributed by atoms with van der Waals surface area (Å²) in [7, 11) is -3.77. The molecule has 0 saturated heterocycles. The fraction of sp³-hybridized carbons (Fsp3) is 0.143. The Morgan fingerprint density at radius 2 is 1.82 bits per heavy atom. The maximum absolute atomic E-state index is 12.3. The zero-order chi connectivity index (χ0) is 16.3. The molecule has 116 valence electrons. The largest absolute Gasteiger partial charge is 0.279 e. The van der Waals surface area contributed by atoms with Gasteiger partial charge in [-0.25, -0.2) is 8.42 Å². The first-order valence-corrected chi connectivity index (χ1v) is 8.28. The molecule has 0 aliphatic heterocycles. The van der Waals surface area contributed by atoms with Crippen molar-refractivity contribution in [3.8, 4) is 0 Å². The van der Waals surface area contributed by atoms with E-state index in [-0.39, 0.29) is 22.2 Å². The summed E-state index contributed by atoms with van der Waals surface area (Å²) >= 11 is 5.75. The second-order valence-corrected chi connectivity index (χ2v) is 6.60. The van der Waals surface area contributed by atoms with E-state index in [2.05, 4.69) is 4.72 Å². The number of nitrogens with zero attached hydrogens (tertiary/aromatic N) is 1. The Labute approximate surface area is 132 Å². The van der Waals surface area contributed by atoms with Gasteiger partial charge in [0.15, 0.2) is 0 Å². The summed E-state index contributed by atoms with van der Waals surface area (Å²) in [5, 5.41) is 10.7. The molecule has 0 fully saturated rings. The minimum absolute atomic E-state index is 0.0482. The van der Waals surface area contributed by atoms with Crippen LogP contribution in [-0.2, 0) is 15.9 Å². The molecule has 0 bridgehead atoms. The Morgan fingerprint density at radius 3 is 2.36 bits per heavy atom. The summed E-state index contributed by atoms with van der Waals surface area (Å²) in [6.45, 7) is 1.85. The highest BCUT2D eigenvalue weighted by Crippen LogP contribution is 2.26. The predicted molar refractivity (Wildman–Crippen MR) is 84.6 cm³/mol. The SMILES string of the molecule is Cc1ccc(S(=O)(=O)Nc2ccc([N+](=O)[O-])cc2CCl)cc1. The minimum atomic E-state index is -3.77. The maximum Gasteiger partial charge on any atom is 0.269 e. The molecule has 2 rings (SSSR count). The Bertz CT molecular complexity index is 804. The van der Waals surface area contributed by atoms with Crippen LogP contribution in [0.5, 0.6) is 0 Å². The van der Waals surface area contributed by atoms with Gasteiger partial charge in [-0.15, -0.1) is 11.6 Å². The number of aryl methyl sites for hydroxylation is 1. The van der Waals surface area contributed by atoms with Crippen LogP contribution < -0.4 is 4.72 Å². The van der Waals surface area contributed by atoms with E-state index in [0.29, 0.717) is 5.56 Å². The third kappa shape index (κ3) is 3.55. The van der Waals surface area contributed by atoms with Crippen LogP contribution >= 0.6 is 11.6 Å². The lowest BCUT2D eigenvalue weighted by molar-refractivity contribution is -0.384. The van der Waals surface area contributed by atoms with Gasteiger partial charge in [0, 0.05) is 18.0 Å². The molecule has 0 aromatic heterocycles. The number of non-ortho nitro benzene ring substituents is 1. The van der Waals surface area contributed by atoms with Crippen LogP contribution in [0.15, 0.2) is 47.4 Å². The molecule has 0 aliphatic rings. The summed E-state index contributed by atoms with van der Waals surface area (Å²) in [6, 6.07) is 10.2. The molecule has 2 aromatic rings. The second kappa shape index (κ2) is 6.33. The van der Waals surface area contributed by atoms with E-state index < -0.39 is 14.9 Å². The third-order valence-corrected chi connectivity index (χ3v) is 4.69. The number of sulfonamides is 1. The fourth-order valence-corrected chi connectivity index (χ4v) is 3.15. The van der Waals surface area contributed by atoms with E-state index >= 15 is 0 Å². The van der Waals surface area contributed by atoms with Gasteiger partial charge < -0.3 is 0 Å². The predicted octanol–water partition coefficient (Wildman–Crippen LogP) is 3.44. The second-order valence-electron chi connectivity index (χ2n) is 4.65. The third-order valence-electron chi connectivity index (χ3n) is 3.02. The summed E-state index contributed by atoms with van der Waals surface area (Å²) in [4.78, 5) is 10.3. The molecule has 8 heteroatoms. The monoisotopic (exact) mass is 340 g/mol. The van der Waals surface area contributed by atoms with E-state index in [1.54, 1.807) is 12.1 Å². The average Bonchev–Trinajstić information content (AvgIpc) is 2.47. The van der Waals surface area contributed by atoms with Gasteiger partial charge in [0.2, 0.25) is 0 Å². The van der Waals surface area contributed by atoms with Crippen LogP contribution in [0.25, 0.3) is 0 Å². The Morgan fingerprint density at radius 1 is 1.18 bits per heavy atom. The van der Waals surface area contributed by atoms with E-state index in [9.17, 15) is 18.5 Å². The number of hydrogen-bond donors (Lipinski definition) is 1. The van der Waals surface area contributed by atoms with Crippen molar-refractivity contribution in [1.29, 1.82) is 0 Å². The first-order chi connectivity index (χ1) is 10.3. The van der Waals surface area contributed by atoms with Crippen LogP contribution in [0, 0.1) is 17.0 Å². The smallest absolute Gasteiger partial charge is 0.269 e. The normalized spacial score (nSPS) is 11.2. The maximum atomic E-state index is 12.3. The van der Waals surface area contributed by atoms with E-state index in [1.165, 1.54) is 30.3 Å². The van der Waals surface area contributed by atoms with Gasteiger partial charge in [0.1, 0.15) is 0 Å². The molecule has 0 heterocycles. The van der Waals surface area contributed by atoms with Crippen LogP contribution in [0.3, 0.4) is 0 Å². The molecular weight excluding hydrogens is 328 g/mol. The van der Waals surface area contributed by atoms with Gasteiger partial charge in [-0.3, -0.25) is 14.8 Å². The molecule has 0 spiro atoms. The van der Waals surface area contributed by atoms with Gasteiger partial charge in [-0.05, 0) is 30.7 Å². The number of alkyl halides is 1. The van der Waals surface area contributed by atoms with Gasteiger partial charge in [-0.1, -0.05) is 17.7 Å². The van der Waals surface area contributed by atoms with Crippen molar-refractivity contribution in [1.82, 2.24) is 0 Å². The van der Waals surface area contributed by atoms with Crippen molar-refractivity contribution in [3.63, 3.8) is 0 Å². The summed E-state index contributed by atoms with van der Waals surface area (Å²) in [5.41, 5.74) is 1.36. The lowest BCUT2D eigenvalue weighted by Gasteiger charge is -2.11. The molecular formula is C14H13ClN2O4S. The van der Waals surface area contributed by atoms with Crippen LogP contribution in [0.2, 0.25) is 0 Å². The van der Waals surface area contributed by atoms with Crippen molar-refractivity contribution < 1.29 is 13.3 Å². The zero-order valence-electron chi connectivity index (χ0n) is 11.6. The van der Waals surface area contributed by atoms with Crippen LogP contribution in [-0.4, -0.2) is 13.3 Å². The van der Waals surface area contributed by atoms with Gasteiger partial charge in [-0.2, -0.15) is 0 Å². The number of anilines is 1. The lowest BCUT2D eigenvalue weighted by Crippen LogP contribution is -2.14. The molecule has 0 radical (unpaired) electrons. The van der Waals surface area contributed by atoms with Crippen molar-refractivity contribution in [2.45, 2.75) is 17.7 Å². The van der Waals surface area contributed by atoms with E-state index in [0.717, 1.165) is 5.56 Å². The highest BCUT2D eigenvalue weighted by molar-refractivity contribution is 7.92. The first-order valence-electron chi connectivity index (χ1n) is 6.26. The topological polar surface area (TPSA) is 89.3 Å². The number of nitrogens with one attached hydrogen (secondary N) is 1. The number of hydrogen-bond acceptors (Lipinski definition) is 4. The molecule has 2 aromatic carbocycles. The van der Waals surface area contributed by atoms with Gasteiger partial charge in [0.25, 0.3) is 15.7 Å².